The van der Waals surface area contributed by atoms with Gasteiger partial charge in [0.25, 0.3) is 5.91 Å². The first kappa shape index (κ1) is 17.4. The number of thiocarbonyl (C=S) groups is 1. The van der Waals surface area contributed by atoms with E-state index < -0.39 is 0 Å². The molecule has 1 aliphatic heterocycles. The Morgan fingerprint density at radius 3 is 2.44 bits per heavy atom. The van der Waals surface area contributed by atoms with E-state index >= 15 is 0 Å². The summed E-state index contributed by atoms with van der Waals surface area (Å²) in [7, 11) is 0. The Morgan fingerprint density at radius 1 is 1.12 bits per heavy atom. The van der Waals surface area contributed by atoms with E-state index in [1.165, 1.54) is 11.3 Å². The number of nitrogens with zero attached hydrogens (tertiary/aromatic N) is 2. The zero-order chi connectivity index (χ0) is 17.6. The van der Waals surface area contributed by atoms with E-state index in [1.54, 1.807) is 0 Å². The smallest absolute Gasteiger partial charge is 0.264 e. The molecule has 3 rings (SSSR count). The number of hydrogen-bond acceptors (Lipinski definition) is 5. The first-order valence-corrected chi connectivity index (χ1v) is 9.15. The summed E-state index contributed by atoms with van der Waals surface area (Å²) >= 11 is 6.45. The molecule has 1 aromatic carbocycles. The average Bonchev–Trinajstić information content (AvgIpc) is 3.17. The number of amides is 2. The minimum atomic E-state index is 0.116. The van der Waals surface area contributed by atoms with Gasteiger partial charge in [0.15, 0.2) is 5.11 Å². The molecular weight excluding hydrogens is 356 g/mol. The molecule has 1 aromatic heterocycles. The summed E-state index contributed by atoms with van der Waals surface area (Å²) in [6, 6.07) is 11.6. The van der Waals surface area contributed by atoms with Crippen LogP contribution in [0.4, 0.5) is 11.4 Å². The van der Waals surface area contributed by atoms with Gasteiger partial charge in [-0.2, -0.15) is 0 Å². The number of piperazine rings is 1. The quantitative estimate of drug-likeness (QED) is 0.634. The molecule has 1 aliphatic rings. The van der Waals surface area contributed by atoms with E-state index in [0.717, 1.165) is 29.3 Å². The molecule has 0 radical (unpaired) electrons. The Labute approximate surface area is 155 Å². The molecule has 0 bridgehead atoms. The fourth-order valence-corrected chi connectivity index (χ4v) is 3.56. The number of benzene rings is 1. The molecular formula is C17H18N4O2S2. The molecule has 2 aromatic rings. The molecule has 0 atom stereocenters. The molecule has 2 amide bonds. The van der Waals surface area contributed by atoms with E-state index in [2.05, 4.69) is 15.5 Å². The average molecular weight is 374 g/mol. The molecule has 1 saturated heterocycles. The summed E-state index contributed by atoms with van der Waals surface area (Å²) in [5.41, 5.74) is 1.91. The van der Waals surface area contributed by atoms with E-state index in [4.69, 9.17) is 12.2 Å². The first-order chi connectivity index (χ1) is 12.2. The van der Waals surface area contributed by atoms with Crippen LogP contribution in [0.25, 0.3) is 0 Å². The third kappa shape index (κ3) is 4.34. The zero-order valence-electron chi connectivity index (χ0n) is 13.5. The molecule has 1 fully saturated rings. The van der Waals surface area contributed by atoms with Gasteiger partial charge >= 0.3 is 0 Å². The molecule has 130 valence electrons. The topological polar surface area (TPSA) is 64.7 Å². The second-order valence-electron chi connectivity index (χ2n) is 5.52. The van der Waals surface area contributed by atoms with Gasteiger partial charge in [-0.05, 0) is 47.9 Å². The van der Waals surface area contributed by atoms with Gasteiger partial charge in [0.1, 0.15) is 0 Å². The van der Waals surface area contributed by atoms with Crippen LogP contribution < -0.4 is 15.5 Å². The third-order valence-corrected chi connectivity index (χ3v) is 5.06. The van der Waals surface area contributed by atoms with Crippen LogP contribution in [0.2, 0.25) is 0 Å². The summed E-state index contributed by atoms with van der Waals surface area (Å²) in [6.07, 6.45) is 0.542. The van der Waals surface area contributed by atoms with Gasteiger partial charge in [-0.1, -0.05) is 6.07 Å². The van der Waals surface area contributed by atoms with Crippen LogP contribution in [0, 0.1) is 0 Å². The summed E-state index contributed by atoms with van der Waals surface area (Å²) in [6.45, 7) is 3.03. The number of anilines is 2. The molecule has 6 nitrogen and oxygen atoms in total. The lowest BCUT2D eigenvalue weighted by Crippen LogP contribution is -2.48. The number of carbonyl (C=O) groups is 2. The van der Waals surface area contributed by atoms with E-state index in [0.29, 0.717) is 19.5 Å². The van der Waals surface area contributed by atoms with Gasteiger partial charge in [-0.15, -0.1) is 11.3 Å². The van der Waals surface area contributed by atoms with Crippen LogP contribution in [-0.4, -0.2) is 48.5 Å². The number of hydrogen-bond donors (Lipinski definition) is 2. The maximum Gasteiger partial charge on any atom is 0.264 e. The van der Waals surface area contributed by atoms with Crippen LogP contribution in [0.3, 0.4) is 0 Å². The van der Waals surface area contributed by atoms with Crippen LogP contribution >= 0.6 is 23.6 Å². The van der Waals surface area contributed by atoms with Crippen molar-refractivity contribution in [1.29, 1.82) is 0 Å². The van der Waals surface area contributed by atoms with Gasteiger partial charge in [0.05, 0.1) is 4.88 Å². The largest absolute Gasteiger partial charge is 0.368 e. The number of thiophene rings is 1. The highest BCUT2D eigenvalue weighted by atomic mass is 32.1. The third-order valence-electron chi connectivity index (χ3n) is 3.98. The van der Waals surface area contributed by atoms with Crippen molar-refractivity contribution in [2.45, 2.75) is 0 Å². The molecule has 0 saturated carbocycles. The van der Waals surface area contributed by atoms with Crippen molar-refractivity contribution in [1.82, 2.24) is 10.2 Å². The number of rotatable bonds is 4. The monoisotopic (exact) mass is 374 g/mol. The van der Waals surface area contributed by atoms with Gasteiger partial charge in [-0.3, -0.25) is 9.59 Å². The first-order valence-electron chi connectivity index (χ1n) is 7.86. The Bertz CT molecular complexity index is 739. The van der Waals surface area contributed by atoms with Crippen LogP contribution in [0.1, 0.15) is 9.67 Å². The Kier molecular flexibility index (Phi) is 5.62. The molecule has 0 unspecified atom stereocenters. The van der Waals surface area contributed by atoms with Crippen molar-refractivity contribution in [2.24, 2.45) is 0 Å². The van der Waals surface area contributed by atoms with Crippen LogP contribution in [0.5, 0.6) is 0 Å². The minimum Gasteiger partial charge on any atom is -0.368 e. The summed E-state index contributed by atoms with van der Waals surface area (Å²) in [4.78, 5) is 27.7. The summed E-state index contributed by atoms with van der Waals surface area (Å²) in [5.74, 6) is 0.116. The Hall–Kier alpha value is -2.45. The van der Waals surface area contributed by atoms with Gasteiger partial charge in [0, 0.05) is 37.6 Å². The van der Waals surface area contributed by atoms with E-state index in [1.807, 2.05) is 46.7 Å². The predicted octanol–water partition coefficient (Wildman–Crippen LogP) is 2.15. The van der Waals surface area contributed by atoms with Crippen molar-refractivity contribution in [3.05, 3.63) is 46.7 Å². The van der Waals surface area contributed by atoms with E-state index in [-0.39, 0.29) is 11.0 Å². The highest BCUT2D eigenvalue weighted by Crippen LogP contribution is 2.21. The second-order valence-corrected chi connectivity index (χ2v) is 6.88. The predicted molar refractivity (Wildman–Crippen MR) is 104 cm³/mol. The van der Waals surface area contributed by atoms with Crippen molar-refractivity contribution in [3.8, 4) is 0 Å². The molecule has 0 aliphatic carbocycles. The maximum absolute atomic E-state index is 12.4. The lowest BCUT2D eigenvalue weighted by Gasteiger charge is -2.36. The molecule has 8 heteroatoms. The number of nitrogens with one attached hydrogen (secondary N) is 2. The van der Waals surface area contributed by atoms with Crippen molar-refractivity contribution >= 4 is 52.4 Å². The van der Waals surface area contributed by atoms with Crippen LogP contribution in [-0.2, 0) is 4.79 Å². The van der Waals surface area contributed by atoms with Gasteiger partial charge < -0.3 is 20.4 Å². The molecule has 0 spiro atoms. The van der Waals surface area contributed by atoms with Crippen molar-refractivity contribution in [3.63, 3.8) is 0 Å². The Morgan fingerprint density at radius 2 is 1.84 bits per heavy atom. The standard InChI is InChI=1S/C17H18N4O2S2/c22-12-18-17(24)19-13-3-5-14(6-4-13)20-7-9-21(10-8-20)16(23)15-2-1-11-25-15/h1-6,11-12H,7-10H2,(H2,18,19,22,24). The highest BCUT2D eigenvalue weighted by Gasteiger charge is 2.22. The van der Waals surface area contributed by atoms with Crippen molar-refractivity contribution < 1.29 is 9.59 Å². The van der Waals surface area contributed by atoms with Crippen LogP contribution in [0.15, 0.2) is 41.8 Å². The van der Waals surface area contributed by atoms with Gasteiger partial charge in [-0.25, -0.2) is 0 Å². The Balaban J connectivity index is 1.55. The fraction of sp³-hybridized carbons (Fsp3) is 0.235. The van der Waals surface area contributed by atoms with E-state index in [9.17, 15) is 9.59 Å². The molecule has 25 heavy (non-hydrogen) atoms. The fourth-order valence-electron chi connectivity index (χ4n) is 2.70. The number of carbonyl (C=O) groups excluding carboxylic acids is 2. The molecule has 2 heterocycles. The summed E-state index contributed by atoms with van der Waals surface area (Å²) in [5, 5.41) is 7.51. The normalized spacial score (nSPS) is 14.1. The minimum absolute atomic E-state index is 0.116. The van der Waals surface area contributed by atoms with Crippen molar-refractivity contribution in [2.75, 3.05) is 36.4 Å². The zero-order valence-corrected chi connectivity index (χ0v) is 15.1. The summed E-state index contributed by atoms with van der Waals surface area (Å²) < 4.78 is 0. The van der Waals surface area contributed by atoms with Gasteiger partial charge in [0.2, 0.25) is 6.41 Å². The lowest BCUT2D eigenvalue weighted by atomic mass is 10.2. The highest BCUT2D eigenvalue weighted by molar-refractivity contribution is 7.80. The lowest BCUT2D eigenvalue weighted by molar-refractivity contribution is -0.108. The maximum atomic E-state index is 12.4. The SMILES string of the molecule is O=CNC(=S)Nc1ccc(N2CCN(C(=O)c3cccs3)CC2)cc1. The molecule has 2 N–H and O–H groups in total. The second kappa shape index (κ2) is 8.09.